The third kappa shape index (κ3) is 4.88. The van der Waals surface area contributed by atoms with E-state index in [-0.39, 0.29) is 12.3 Å². The average Bonchev–Trinajstić information content (AvgIpc) is 2.79. The number of allylic oxidation sites excluding steroid dienone is 1. The minimum Gasteiger partial charge on any atom is -0.481 e. The van der Waals surface area contributed by atoms with E-state index in [4.69, 9.17) is 5.11 Å². The van der Waals surface area contributed by atoms with Gasteiger partial charge >= 0.3 is 5.97 Å². The van der Waals surface area contributed by atoms with Gasteiger partial charge in [0.15, 0.2) is 5.17 Å². The zero-order chi connectivity index (χ0) is 15.1. The number of amides is 1. The number of rotatable bonds is 5. The molecule has 108 valence electrons. The number of carboxylic acids is 1. The maximum atomic E-state index is 11.5. The standard InChI is InChI=1S/C14H13N3O3S/c18-12(19)9-11-13(20)16-14(21-11)17-15-8-4-7-10-5-2-1-3-6-10/h1-8,11H,9H2,(H,18,19)(H,16,17,20)/b7-4+,15-8-/t11-/m0/s1. The fourth-order valence-corrected chi connectivity index (χ4v) is 2.50. The van der Waals surface area contributed by atoms with Gasteiger partial charge in [-0.05, 0) is 11.6 Å². The van der Waals surface area contributed by atoms with Crippen molar-refractivity contribution >= 4 is 41.1 Å². The van der Waals surface area contributed by atoms with Gasteiger partial charge in [-0.1, -0.05) is 48.2 Å². The van der Waals surface area contributed by atoms with Gasteiger partial charge in [0, 0.05) is 6.21 Å². The van der Waals surface area contributed by atoms with E-state index in [0.717, 1.165) is 17.3 Å². The SMILES string of the molecule is O=C(O)C[C@@H]1S/C(=N/N=C\C=C\c2ccccc2)NC1=O. The first kappa shape index (κ1) is 15.0. The summed E-state index contributed by atoms with van der Waals surface area (Å²) < 4.78 is 0. The van der Waals surface area contributed by atoms with Crippen molar-refractivity contribution in [2.75, 3.05) is 0 Å². The Hall–Kier alpha value is -2.41. The molecule has 2 rings (SSSR count). The summed E-state index contributed by atoms with van der Waals surface area (Å²) in [5.74, 6) is -1.37. The number of hydrogen-bond donors (Lipinski definition) is 2. The second kappa shape index (κ2) is 7.39. The van der Waals surface area contributed by atoms with Crippen LogP contribution in [0.1, 0.15) is 12.0 Å². The van der Waals surface area contributed by atoms with Gasteiger partial charge in [-0.25, -0.2) is 0 Å². The first-order valence-electron chi connectivity index (χ1n) is 6.17. The van der Waals surface area contributed by atoms with E-state index in [0.29, 0.717) is 5.17 Å². The number of carbonyl (C=O) groups is 2. The van der Waals surface area contributed by atoms with Crippen molar-refractivity contribution in [2.45, 2.75) is 11.7 Å². The molecule has 0 aliphatic carbocycles. The van der Waals surface area contributed by atoms with Crippen molar-refractivity contribution in [3.8, 4) is 0 Å². The third-order valence-electron chi connectivity index (χ3n) is 2.53. The Morgan fingerprint density at radius 2 is 2.14 bits per heavy atom. The molecule has 0 bridgehead atoms. The van der Waals surface area contributed by atoms with E-state index in [1.807, 2.05) is 36.4 Å². The number of nitrogens with one attached hydrogen (secondary N) is 1. The molecule has 1 heterocycles. The van der Waals surface area contributed by atoms with Gasteiger partial charge in [0.2, 0.25) is 5.91 Å². The number of nitrogens with zero attached hydrogens (tertiary/aromatic N) is 2. The molecule has 1 saturated heterocycles. The second-order valence-corrected chi connectivity index (χ2v) is 5.32. The van der Waals surface area contributed by atoms with Crippen LogP contribution in [0.2, 0.25) is 0 Å². The smallest absolute Gasteiger partial charge is 0.305 e. The first-order valence-corrected chi connectivity index (χ1v) is 7.05. The molecule has 6 nitrogen and oxygen atoms in total. The molecule has 7 heteroatoms. The maximum absolute atomic E-state index is 11.5. The van der Waals surface area contributed by atoms with Gasteiger partial charge < -0.3 is 10.4 Å². The highest BCUT2D eigenvalue weighted by Crippen LogP contribution is 2.22. The molecule has 1 aliphatic heterocycles. The van der Waals surface area contributed by atoms with E-state index in [1.54, 1.807) is 6.08 Å². The van der Waals surface area contributed by atoms with E-state index < -0.39 is 11.2 Å². The predicted octanol–water partition coefficient (Wildman–Crippen LogP) is 1.75. The predicted molar refractivity (Wildman–Crippen MR) is 83.2 cm³/mol. The second-order valence-electron chi connectivity index (χ2n) is 4.13. The number of aliphatic carboxylic acids is 1. The normalized spacial score (nSPS) is 20.5. The minimum atomic E-state index is -1.02. The molecule has 1 aromatic rings. The molecule has 2 N–H and O–H groups in total. The van der Waals surface area contributed by atoms with Crippen molar-refractivity contribution in [1.29, 1.82) is 0 Å². The van der Waals surface area contributed by atoms with Crippen molar-refractivity contribution in [3.63, 3.8) is 0 Å². The van der Waals surface area contributed by atoms with Crippen LogP contribution in [0, 0.1) is 0 Å². The molecule has 1 aliphatic rings. The lowest BCUT2D eigenvalue weighted by atomic mass is 10.2. The largest absolute Gasteiger partial charge is 0.481 e. The average molecular weight is 303 g/mol. The molecule has 1 fully saturated rings. The summed E-state index contributed by atoms with van der Waals surface area (Å²) >= 11 is 1.07. The molecule has 0 aromatic heterocycles. The lowest BCUT2D eigenvalue weighted by molar-refractivity contribution is -0.138. The zero-order valence-electron chi connectivity index (χ0n) is 11.0. The molecular weight excluding hydrogens is 290 g/mol. The Bertz CT molecular complexity index is 611. The van der Waals surface area contributed by atoms with E-state index in [9.17, 15) is 9.59 Å². The fourth-order valence-electron chi connectivity index (χ4n) is 1.59. The van der Waals surface area contributed by atoms with Gasteiger partial charge in [-0.15, -0.1) is 5.10 Å². The van der Waals surface area contributed by atoms with Crippen LogP contribution < -0.4 is 5.32 Å². The molecule has 0 saturated carbocycles. The van der Waals surface area contributed by atoms with Crippen molar-refractivity contribution in [2.24, 2.45) is 10.2 Å². The van der Waals surface area contributed by atoms with Gasteiger partial charge in [0.05, 0.1) is 6.42 Å². The summed E-state index contributed by atoms with van der Waals surface area (Å²) in [5.41, 5.74) is 1.04. The maximum Gasteiger partial charge on any atom is 0.305 e. The molecule has 0 radical (unpaired) electrons. The van der Waals surface area contributed by atoms with Gasteiger partial charge in [-0.3, -0.25) is 9.59 Å². The molecule has 1 atom stereocenters. The lowest BCUT2D eigenvalue weighted by Gasteiger charge is -1.97. The highest BCUT2D eigenvalue weighted by atomic mass is 32.2. The molecule has 1 amide bonds. The van der Waals surface area contributed by atoms with Crippen molar-refractivity contribution < 1.29 is 14.7 Å². The van der Waals surface area contributed by atoms with Gasteiger partial charge in [0.1, 0.15) is 5.25 Å². The van der Waals surface area contributed by atoms with Crippen LogP contribution in [0.5, 0.6) is 0 Å². The molecule has 0 unspecified atom stereocenters. The number of thioether (sulfide) groups is 1. The van der Waals surface area contributed by atoms with Crippen molar-refractivity contribution in [3.05, 3.63) is 42.0 Å². The summed E-state index contributed by atoms with van der Waals surface area (Å²) in [7, 11) is 0. The van der Waals surface area contributed by atoms with Crippen LogP contribution in [-0.2, 0) is 9.59 Å². The summed E-state index contributed by atoms with van der Waals surface area (Å²) in [6.07, 6.45) is 4.87. The van der Waals surface area contributed by atoms with Crippen LogP contribution in [-0.4, -0.2) is 33.6 Å². The van der Waals surface area contributed by atoms with Gasteiger partial charge in [0.25, 0.3) is 0 Å². The summed E-state index contributed by atoms with van der Waals surface area (Å²) in [6, 6.07) is 9.72. The molecule has 0 spiro atoms. The number of carboxylic acid groups (broad SMARTS) is 1. The van der Waals surface area contributed by atoms with E-state index in [1.165, 1.54) is 6.21 Å². The van der Waals surface area contributed by atoms with E-state index >= 15 is 0 Å². The Kier molecular flexibility index (Phi) is 5.28. The monoisotopic (exact) mass is 303 g/mol. The van der Waals surface area contributed by atoms with Crippen LogP contribution >= 0.6 is 11.8 Å². The van der Waals surface area contributed by atoms with Gasteiger partial charge in [-0.2, -0.15) is 5.10 Å². The summed E-state index contributed by atoms with van der Waals surface area (Å²) in [4.78, 5) is 22.0. The minimum absolute atomic E-state index is 0.229. The topological polar surface area (TPSA) is 91.1 Å². The van der Waals surface area contributed by atoms with Crippen LogP contribution in [0.4, 0.5) is 0 Å². The molecular formula is C14H13N3O3S. The zero-order valence-corrected chi connectivity index (χ0v) is 11.8. The Morgan fingerprint density at radius 1 is 1.38 bits per heavy atom. The first-order chi connectivity index (χ1) is 10.1. The summed E-state index contributed by atoms with van der Waals surface area (Å²) in [6.45, 7) is 0. The van der Waals surface area contributed by atoms with E-state index in [2.05, 4.69) is 15.5 Å². The Balaban J connectivity index is 1.87. The highest BCUT2D eigenvalue weighted by molar-refractivity contribution is 8.15. The Labute approximate surface area is 125 Å². The van der Waals surface area contributed by atoms with Crippen molar-refractivity contribution in [1.82, 2.24) is 5.32 Å². The fraction of sp³-hybridized carbons (Fsp3) is 0.143. The van der Waals surface area contributed by atoms with Crippen LogP contribution in [0.15, 0.2) is 46.6 Å². The Morgan fingerprint density at radius 3 is 2.86 bits per heavy atom. The lowest BCUT2D eigenvalue weighted by Crippen LogP contribution is -2.26. The molecule has 1 aromatic carbocycles. The number of hydrogen-bond acceptors (Lipinski definition) is 5. The number of carbonyl (C=O) groups excluding carboxylic acids is 1. The molecule has 21 heavy (non-hydrogen) atoms. The van der Waals surface area contributed by atoms with Crippen LogP contribution in [0.25, 0.3) is 6.08 Å². The summed E-state index contributed by atoms with van der Waals surface area (Å²) in [5, 5.41) is 18.5. The number of benzene rings is 1. The highest BCUT2D eigenvalue weighted by Gasteiger charge is 2.32. The number of amidine groups is 1. The third-order valence-corrected chi connectivity index (χ3v) is 3.60. The quantitative estimate of drug-likeness (QED) is 0.640. The van der Waals surface area contributed by atoms with Crippen LogP contribution in [0.3, 0.4) is 0 Å².